The summed E-state index contributed by atoms with van der Waals surface area (Å²) in [5, 5.41) is 0. The van der Waals surface area contributed by atoms with Crippen molar-refractivity contribution in [3.8, 4) is 0 Å². The van der Waals surface area contributed by atoms with Crippen LogP contribution in [0.3, 0.4) is 0 Å². The summed E-state index contributed by atoms with van der Waals surface area (Å²) in [4.78, 5) is 20.2. The highest BCUT2D eigenvalue weighted by Gasteiger charge is 2.27. The molecule has 0 radical (unpaired) electrons. The van der Waals surface area contributed by atoms with Gasteiger partial charge in [-0.05, 0) is 12.1 Å². The van der Waals surface area contributed by atoms with Crippen LogP contribution in [-0.2, 0) is 24.3 Å². The Morgan fingerprint density at radius 3 is 2.44 bits per heavy atom. The lowest BCUT2D eigenvalue weighted by Gasteiger charge is -2.35. The highest BCUT2D eigenvalue weighted by atomic mass is 32.2. The first kappa shape index (κ1) is 20.0. The molecule has 0 saturated carbocycles. The largest absolute Gasteiger partial charge is 0.469 e. The highest BCUT2D eigenvalue weighted by molar-refractivity contribution is 7.89. The van der Waals surface area contributed by atoms with Gasteiger partial charge in [0.25, 0.3) is 0 Å². The van der Waals surface area contributed by atoms with Crippen LogP contribution in [0.4, 0.5) is 5.82 Å². The first-order chi connectivity index (χ1) is 13.0. The van der Waals surface area contributed by atoms with Crippen molar-refractivity contribution < 1.29 is 22.7 Å². The van der Waals surface area contributed by atoms with E-state index < -0.39 is 10.0 Å². The lowest BCUT2D eigenvalue weighted by Crippen LogP contribution is -2.47. The lowest BCUT2D eigenvalue weighted by atomic mass is 10.3. The number of carbonyl (C=O) groups is 1. The molecule has 0 aliphatic carbocycles. The minimum atomic E-state index is -3.52. The summed E-state index contributed by atoms with van der Waals surface area (Å²) in [6.45, 7) is 5.49. The van der Waals surface area contributed by atoms with E-state index in [-0.39, 0.29) is 10.9 Å². The minimum Gasteiger partial charge on any atom is -0.469 e. The van der Waals surface area contributed by atoms with Crippen LogP contribution in [0.5, 0.6) is 0 Å². The summed E-state index contributed by atoms with van der Waals surface area (Å²) < 4.78 is 36.6. The van der Waals surface area contributed by atoms with Crippen LogP contribution in [0.2, 0.25) is 0 Å². The number of rotatable bonds is 6. The molecule has 10 heteroatoms. The average Bonchev–Trinajstić information content (AvgIpc) is 2.73. The molecule has 0 amide bonds. The maximum Gasteiger partial charge on any atom is 0.306 e. The number of carbonyl (C=O) groups excluding carboxylic acids is 1. The maximum absolute atomic E-state index is 12.6. The molecule has 0 atom stereocenters. The molecule has 2 saturated heterocycles. The molecule has 0 unspecified atom stereocenters. The zero-order chi connectivity index (χ0) is 19.3. The summed E-state index contributed by atoms with van der Waals surface area (Å²) in [5.74, 6) is 0.569. The fourth-order valence-electron chi connectivity index (χ4n) is 3.20. The molecule has 0 spiro atoms. The number of hydrogen-bond acceptors (Lipinski definition) is 8. The highest BCUT2D eigenvalue weighted by Crippen LogP contribution is 2.20. The van der Waals surface area contributed by atoms with E-state index in [1.54, 1.807) is 12.1 Å². The molecule has 9 nitrogen and oxygen atoms in total. The maximum atomic E-state index is 12.6. The van der Waals surface area contributed by atoms with Crippen LogP contribution >= 0.6 is 0 Å². The van der Waals surface area contributed by atoms with Crippen molar-refractivity contribution in [2.45, 2.75) is 11.3 Å². The number of sulfonamides is 1. The molecule has 150 valence electrons. The third kappa shape index (κ3) is 4.95. The zero-order valence-electron chi connectivity index (χ0n) is 15.5. The first-order valence-electron chi connectivity index (χ1n) is 9.09. The van der Waals surface area contributed by atoms with Gasteiger partial charge in [-0.25, -0.2) is 13.4 Å². The first-order valence-corrected chi connectivity index (χ1v) is 10.5. The third-order valence-electron chi connectivity index (χ3n) is 4.88. The number of piperazine rings is 1. The molecule has 3 rings (SSSR count). The predicted octanol–water partition coefficient (Wildman–Crippen LogP) is -0.212. The molecule has 3 heterocycles. The van der Waals surface area contributed by atoms with Gasteiger partial charge in [0.1, 0.15) is 10.7 Å². The van der Waals surface area contributed by atoms with Crippen LogP contribution in [0, 0.1) is 0 Å². The summed E-state index contributed by atoms with van der Waals surface area (Å²) in [6, 6.07) is 3.38. The Hall–Kier alpha value is -1.75. The molecular weight excluding hydrogens is 372 g/mol. The van der Waals surface area contributed by atoms with E-state index in [1.165, 1.54) is 17.6 Å². The molecule has 1 aromatic rings. The summed E-state index contributed by atoms with van der Waals surface area (Å²) in [6.07, 6.45) is 1.83. The van der Waals surface area contributed by atoms with Gasteiger partial charge >= 0.3 is 5.97 Å². The summed E-state index contributed by atoms with van der Waals surface area (Å²) in [5.41, 5.74) is 0. The summed E-state index contributed by atoms with van der Waals surface area (Å²) in [7, 11) is -2.12. The van der Waals surface area contributed by atoms with Gasteiger partial charge in [0, 0.05) is 52.0 Å². The molecule has 27 heavy (non-hydrogen) atoms. The van der Waals surface area contributed by atoms with Gasteiger partial charge in [-0.2, -0.15) is 4.31 Å². The van der Waals surface area contributed by atoms with E-state index in [0.717, 1.165) is 32.0 Å². The molecule has 2 aliphatic rings. The van der Waals surface area contributed by atoms with Crippen molar-refractivity contribution >= 4 is 21.8 Å². The second-order valence-electron chi connectivity index (χ2n) is 6.52. The number of hydrogen-bond donors (Lipinski definition) is 0. The van der Waals surface area contributed by atoms with Crippen LogP contribution in [0.1, 0.15) is 6.42 Å². The number of anilines is 1. The lowest BCUT2D eigenvalue weighted by molar-refractivity contribution is -0.141. The van der Waals surface area contributed by atoms with Crippen LogP contribution in [-0.4, -0.2) is 94.7 Å². The molecular formula is C17H26N4O5S. The van der Waals surface area contributed by atoms with Crippen LogP contribution < -0.4 is 4.90 Å². The molecule has 0 N–H and O–H groups in total. The Bertz CT molecular complexity index is 726. The topological polar surface area (TPSA) is 92.3 Å². The van der Waals surface area contributed by atoms with Crippen molar-refractivity contribution in [1.29, 1.82) is 0 Å². The monoisotopic (exact) mass is 398 g/mol. The van der Waals surface area contributed by atoms with Crippen molar-refractivity contribution in [2.75, 3.05) is 71.0 Å². The van der Waals surface area contributed by atoms with Gasteiger partial charge in [-0.15, -0.1) is 0 Å². The Morgan fingerprint density at radius 1 is 1.15 bits per heavy atom. The fourth-order valence-corrected chi connectivity index (χ4v) is 4.55. The molecule has 2 fully saturated rings. The van der Waals surface area contributed by atoms with E-state index >= 15 is 0 Å². The third-order valence-corrected chi connectivity index (χ3v) is 6.77. The number of ether oxygens (including phenoxy) is 2. The quantitative estimate of drug-likeness (QED) is 0.608. The van der Waals surface area contributed by atoms with E-state index in [0.29, 0.717) is 39.3 Å². The second-order valence-corrected chi connectivity index (χ2v) is 8.46. The molecule has 0 bridgehead atoms. The van der Waals surface area contributed by atoms with Crippen molar-refractivity contribution in [1.82, 2.24) is 14.2 Å². The van der Waals surface area contributed by atoms with Crippen LogP contribution in [0.15, 0.2) is 23.2 Å². The normalized spacial score (nSPS) is 19.8. The van der Waals surface area contributed by atoms with E-state index in [9.17, 15) is 13.2 Å². The van der Waals surface area contributed by atoms with E-state index in [2.05, 4.69) is 19.5 Å². The smallest absolute Gasteiger partial charge is 0.306 e. The van der Waals surface area contributed by atoms with E-state index in [1.807, 2.05) is 0 Å². The van der Waals surface area contributed by atoms with Gasteiger partial charge in [0.2, 0.25) is 10.0 Å². The Labute approximate surface area is 159 Å². The number of methoxy groups -OCH3 is 1. The number of esters is 1. The predicted molar refractivity (Wildman–Crippen MR) is 99.1 cm³/mol. The number of nitrogens with zero attached hydrogens (tertiary/aromatic N) is 4. The van der Waals surface area contributed by atoms with Gasteiger partial charge in [-0.3, -0.25) is 9.69 Å². The van der Waals surface area contributed by atoms with E-state index in [4.69, 9.17) is 4.74 Å². The summed E-state index contributed by atoms with van der Waals surface area (Å²) >= 11 is 0. The Morgan fingerprint density at radius 2 is 1.85 bits per heavy atom. The van der Waals surface area contributed by atoms with Crippen LogP contribution in [0.25, 0.3) is 0 Å². The SMILES string of the molecule is COC(=O)CCN1CCN(c2ccc(S(=O)(=O)N3CCOCC3)cn2)CC1. The second kappa shape index (κ2) is 8.96. The molecule has 2 aliphatic heterocycles. The van der Waals surface area contributed by atoms with Crippen molar-refractivity contribution in [3.63, 3.8) is 0 Å². The van der Waals surface area contributed by atoms with Gasteiger partial charge < -0.3 is 14.4 Å². The van der Waals surface area contributed by atoms with Gasteiger partial charge in [0.05, 0.1) is 26.7 Å². The number of aromatic nitrogens is 1. The minimum absolute atomic E-state index is 0.198. The molecule has 1 aromatic heterocycles. The number of morpholine rings is 1. The average molecular weight is 398 g/mol. The van der Waals surface area contributed by atoms with Crippen molar-refractivity contribution in [2.24, 2.45) is 0 Å². The Kier molecular flexibility index (Phi) is 6.64. The molecule has 0 aromatic carbocycles. The number of pyridine rings is 1. The van der Waals surface area contributed by atoms with Gasteiger partial charge in [-0.1, -0.05) is 0 Å². The van der Waals surface area contributed by atoms with Crippen molar-refractivity contribution in [3.05, 3.63) is 18.3 Å². The standard InChI is InChI=1S/C17H26N4O5S/c1-25-17(22)4-5-19-6-8-20(9-7-19)16-3-2-15(14-18-16)27(23,24)21-10-12-26-13-11-21/h2-3,14H,4-13H2,1H3. The fraction of sp³-hybridized carbons (Fsp3) is 0.647. The zero-order valence-corrected chi connectivity index (χ0v) is 16.4. The Balaban J connectivity index is 1.56. The van der Waals surface area contributed by atoms with Gasteiger partial charge in [0.15, 0.2) is 0 Å².